The molecule has 0 aliphatic carbocycles. The highest BCUT2D eigenvalue weighted by molar-refractivity contribution is 5.94. The highest BCUT2D eigenvalue weighted by Crippen LogP contribution is 2.24. The van der Waals surface area contributed by atoms with Crippen LogP contribution in [0.1, 0.15) is 27.3 Å². The number of rotatable bonds is 7. The van der Waals surface area contributed by atoms with E-state index in [1.165, 1.54) is 0 Å². The lowest BCUT2D eigenvalue weighted by atomic mass is 10.1. The molecule has 0 spiro atoms. The van der Waals surface area contributed by atoms with Gasteiger partial charge in [-0.05, 0) is 74.5 Å². The minimum atomic E-state index is -0.140. The maximum atomic E-state index is 12.7. The summed E-state index contributed by atoms with van der Waals surface area (Å²) in [6, 6.07) is 20.9. The van der Waals surface area contributed by atoms with Crippen LogP contribution >= 0.6 is 0 Å². The van der Waals surface area contributed by atoms with E-state index in [0.29, 0.717) is 18.1 Å². The van der Waals surface area contributed by atoms with Gasteiger partial charge in [0.15, 0.2) is 5.65 Å². The van der Waals surface area contributed by atoms with Crippen LogP contribution < -0.4 is 15.4 Å². The van der Waals surface area contributed by atoms with Crippen molar-refractivity contribution in [2.45, 2.75) is 20.4 Å². The summed E-state index contributed by atoms with van der Waals surface area (Å²) in [6.45, 7) is 4.38. The van der Waals surface area contributed by atoms with Crippen LogP contribution in [0.5, 0.6) is 5.75 Å². The molecule has 0 aliphatic heterocycles. The molecular weight excluding hydrogens is 454 g/mol. The van der Waals surface area contributed by atoms with E-state index in [-0.39, 0.29) is 5.91 Å². The Morgan fingerprint density at radius 3 is 2.39 bits per heavy atom. The number of anilines is 2. The third-order valence-electron chi connectivity index (χ3n) is 6.23. The number of methoxy groups -OCH3 is 1. The molecule has 2 N–H and O–H groups in total. The fraction of sp³-hybridized carbons (Fsp3) is 0.185. The Bertz CT molecular complexity index is 1530. The van der Waals surface area contributed by atoms with E-state index in [0.717, 1.165) is 45.3 Å². The number of fused-ring (bicyclic) bond motifs is 1. The number of ether oxygens (including phenoxy) is 1. The largest absolute Gasteiger partial charge is 0.497 e. The van der Waals surface area contributed by atoms with Gasteiger partial charge < -0.3 is 15.4 Å². The second-order valence-electron chi connectivity index (χ2n) is 8.50. The van der Waals surface area contributed by atoms with Crippen molar-refractivity contribution in [3.05, 3.63) is 89.2 Å². The Morgan fingerprint density at radius 2 is 1.72 bits per heavy atom. The van der Waals surface area contributed by atoms with Gasteiger partial charge in [0.1, 0.15) is 5.75 Å². The zero-order chi connectivity index (χ0) is 25.2. The van der Waals surface area contributed by atoms with Crippen LogP contribution in [0.4, 0.5) is 11.6 Å². The van der Waals surface area contributed by atoms with E-state index < -0.39 is 0 Å². The maximum absolute atomic E-state index is 12.7. The molecule has 5 aromatic rings. The second kappa shape index (κ2) is 9.53. The summed E-state index contributed by atoms with van der Waals surface area (Å²) in [5.74, 6) is 1.13. The van der Waals surface area contributed by atoms with E-state index in [9.17, 15) is 4.79 Å². The summed E-state index contributed by atoms with van der Waals surface area (Å²) in [7, 11) is 3.55. The van der Waals surface area contributed by atoms with Gasteiger partial charge in [-0.25, -0.2) is 4.52 Å². The van der Waals surface area contributed by atoms with Gasteiger partial charge in [0.05, 0.1) is 18.5 Å². The zero-order valence-electron chi connectivity index (χ0n) is 20.6. The van der Waals surface area contributed by atoms with E-state index in [1.807, 2.05) is 80.2 Å². The lowest BCUT2D eigenvalue weighted by Gasteiger charge is -2.07. The van der Waals surface area contributed by atoms with E-state index in [2.05, 4.69) is 25.8 Å². The molecular formula is C27H27N7O2. The van der Waals surface area contributed by atoms with Gasteiger partial charge in [0.2, 0.25) is 5.95 Å². The van der Waals surface area contributed by atoms with Crippen molar-refractivity contribution in [3.63, 3.8) is 0 Å². The number of carbonyl (C=O) groups excluding carboxylic acids is 1. The molecule has 0 atom stereocenters. The molecule has 0 unspecified atom stereocenters. The number of pyridine rings is 1. The van der Waals surface area contributed by atoms with Crippen LogP contribution in [-0.4, -0.2) is 37.4 Å². The normalized spacial score (nSPS) is 11.0. The first-order valence-corrected chi connectivity index (χ1v) is 11.6. The number of aryl methyl sites for hydroxylation is 2. The summed E-state index contributed by atoms with van der Waals surface area (Å²) in [6.07, 6.45) is 0. The molecule has 0 radical (unpaired) electrons. The lowest BCUT2D eigenvalue weighted by molar-refractivity contribution is 0.0951. The smallest absolute Gasteiger partial charge is 0.251 e. The van der Waals surface area contributed by atoms with Crippen molar-refractivity contribution in [2.75, 3.05) is 12.4 Å². The molecule has 0 saturated carbocycles. The molecule has 9 nitrogen and oxygen atoms in total. The Balaban J connectivity index is 1.29. The number of carbonyl (C=O) groups is 1. The number of nitrogens with one attached hydrogen (secondary N) is 2. The number of amides is 1. The molecule has 182 valence electrons. The Kier molecular flexibility index (Phi) is 6.12. The second-order valence-corrected chi connectivity index (χ2v) is 8.50. The summed E-state index contributed by atoms with van der Waals surface area (Å²) in [4.78, 5) is 17.2. The first kappa shape index (κ1) is 23.1. The van der Waals surface area contributed by atoms with Crippen molar-refractivity contribution in [1.82, 2.24) is 29.7 Å². The summed E-state index contributed by atoms with van der Waals surface area (Å²) >= 11 is 0. The fourth-order valence-electron chi connectivity index (χ4n) is 4.12. The predicted molar refractivity (Wildman–Crippen MR) is 139 cm³/mol. The van der Waals surface area contributed by atoms with Gasteiger partial charge in [0.25, 0.3) is 5.91 Å². The number of nitrogens with zero attached hydrogens (tertiary/aromatic N) is 5. The van der Waals surface area contributed by atoms with Crippen molar-refractivity contribution >= 4 is 23.2 Å². The first-order chi connectivity index (χ1) is 17.4. The molecule has 0 saturated heterocycles. The first-order valence-electron chi connectivity index (χ1n) is 11.6. The molecule has 0 fully saturated rings. The molecule has 0 aliphatic rings. The van der Waals surface area contributed by atoms with Crippen LogP contribution in [0, 0.1) is 13.8 Å². The number of aromatic nitrogens is 5. The Labute approximate surface area is 208 Å². The average molecular weight is 482 g/mol. The monoisotopic (exact) mass is 481 g/mol. The van der Waals surface area contributed by atoms with E-state index in [4.69, 9.17) is 4.74 Å². The van der Waals surface area contributed by atoms with Gasteiger partial charge in [-0.3, -0.25) is 9.48 Å². The Hall–Kier alpha value is -4.66. The van der Waals surface area contributed by atoms with Crippen LogP contribution in [-0.2, 0) is 13.6 Å². The summed E-state index contributed by atoms with van der Waals surface area (Å²) in [5, 5.41) is 15.2. The third-order valence-corrected chi connectivity index (χ3v) is 6.23. The molecule has 0 bridgehead atoms. The highest BCUT2D eigenvalue weighted by Gasteiger charge is 2.13. The topological polar surface area (TPSA) is 98.4 Å². The summed E-state index contributed by atoms with van der Waals surface area (Å²) < 4.78 is 8.88. The van der Waals surface area contributed by atoms with Crippen molar-refractivity contribution < 1.29 is 9.53 Å². The van der Waals surface area contributed by atoms with E-state index in [1.54, 1.807) is 23.8 Å². The Morgan fingerprint density at radius 1 is 0.972 bits per heavy atom. The van der Waals surface area contributed by atoms with Crippen LogP contribution in [0.2, 0.25) is 0 Å². The van der Waals surface area contributed by atoms with Crippen LogP contribution in [0.15, 0.2) is 66.7 Å². The van der Waals surface area contributed by atoms with Gasteiger partial charge in [0, 0.05) is 41.7 Å². The molecule has 9 heteroatoms. The number of hydrogen-bond donors (Lipinski definition) is 2. The molecule has 5 rings (SSSR count). The van der Waals surface area contributed by atoms with E-state index >= 15 is 0 Å². The molecule has 36 heavy (non-hydrogen) atoms. The van der Waals surface area contributed by atoms with Gasteiger partial charge in [-0.2, -0.15) is 10.1 Å². The molecule has 3 aromatic heterocycles. The zero-order valence-corrected chi connectivity index (χ0v) is 20.6. The lowest BCUT2D eigenvalue weighted by Crippen LogP contribution is -2.23. The number of hydrogen-bond acceptors (Lipinski definition) is 6. The highest BCUT2D eigenvalue weighted by atomic mass is 16.5. The number of benzene rings is 2. The van der Waals surface area contributed by atoms with Gasteiger partial charge >= 0.3 is 0 Å². The summed E-state index contributed by atoms with van der Waals surface area (Å²) in [5.41, 5.74) is 7.01. The molecule has 2 aromatic carbocycles. The van der Waals surface area contributed by atoms with Crippen molar-refractivity contribution in [2.24, 2.45) is 7.05 Å². The van der Waals surface area contributed by atoms with Gasteiger partial charge in [-0.15, -0.1) is 5.10 Å². The predicted octanol–water partition coefficient (Wildman–Crippen LogP) is 4.43. The maximum Gasteiger partial charge on any atom is 0.251 e. The average Bonchev–Trinajstić information content (AvgIpc) is 3.41. The third kappa shape index (κ3) is 4.50. The van der Waals surface area contributed by atoms with Crippen molar-refractivity contribution in [1.29, 1.82) is 0 Å². The van der Waals surface area contributed by atoms with Crippen LogP contribution in [0.3, 0.4) is 0 Å². The standard InChI is InChI=1S/C27H27N7O2/c1-17-23(18(2)33(3)31-17)16-28-26(35)20-8-12-21(13-9-20)29-27-30-25-7-5-6-24(34(25)32-27)19-10-14-22(36-4)15-11-19/h5-15H,16H2,1-4H3,(H,28,35)(H,29,32). The minimum absolute atomic E-state index is 0.140. The molecule has 1 amide bonds. The van der Waals surface area contributed by atoms with Gasteiger partial charge in [-0.1, -0.05) is 6.07 Å². The van der Waals surface area contributed by atoms with Crippen molar-refractivity contribution in [3.8, 4) is 17.0 Å². The fourth-order valence-corrected chi connectivity index (χ4v) is 4.12. The quantitative estimate of drug-likeness (QED) is 0.357. The van der Waals surface area contributed by atoms with Crippen LogP contribution in [0.25, 0.3) is 16.9 Å². The minimum Gasteiger partial charge on any atom is -0.497 e. The SMILES string of the molecule is COc1ccc(-c2cccc3nc(Nc4ccc(C(=O)NCc5c(C)nn(C)c5C)cc4)nn23)cc1. The molecule has 3 heterocycles.